The molecule has 3 amide bonds. The molecule has 154 valence electrons. The fourth-order valence-electron chi connectivity index (χ4n) is 3.68. The van der Waals surface area contributed by atoms with Gasteiger partial charge in [0.2, 0.25) is 0 Å². The topological polar surface area (TPSA) is 72.3 Å². The zero-order valence-electron chi connectivity index (χ0n) is 17.3. The number of carbonyl (C=O) groups excluding carboxylic acids is 2. The Morgan fingerprint density at radius 2 is 1.69 bits per heavy atom. The second-order valence-corrected chi connectivity index (χ2v) is 7.64. The van der Waals surface area contributed by atoms with E-state index in [2.05, 4.69) is 5.32 Å². The van der Waals surface area contributed by atoms with Gasteiger partial charge in [0.05, 0.1) is 21.3 Å². The number of methoxy groups -OCH3 is 2. The van der Waals surface area contributed by atoms with E-state index in [-0.39, 0.29) is 11.9 Å². The number of quaternary nitrogens is 1. The van der Waals surface area contributed by atoms with Crippen LogP contribution in [0.25, 0.3) is 0 Å². The monoisotopic (exact) mass is 398 g/mol. The number of ether oxygens (including phenoxy) is 2. The highest BCUT2D eigenvalue weighted by atomic mass is 16.5. The summed E-state index contributed by atoms with van der Waals surface area (Å²) >= 11 is 0. The number of nitrogens with zero attached hydrogens (tertiary/aromatic N) is 1. The van der Waals surface area contributed by atoms with Gasteiger partial charge in [-0.3, -0.25) is 4.79 Å². The van der Waals surface area contributed by atoms with Crippen LogP contribution in [-0.4, -0.2) is 50.3 Å². The van der Waals surface area contributed by atoms with Crippen LogP contribution in [0.5, 0.6) is 11.5 Å². The van der Waals surface area contributed by atoms with Gasteiger partial charge in [0.1, 0.15) is 12.1 Å². The molecule has 29 heavy (non-hydrogen) atoms. The Balaban J connectivity index is 1.70. The van der Waals surface area contributed by atoms with Crippen LogP contribution in [-0.2, 0) is 17.8 Å². The maximum absolute atomic E-state index is 13.1. The summed E-state index contributed by atoms with van der Waals surface area (Å²) in [5.41, 5.74) is 1.04. The van der Waals surface area contributed by atoms with E-state index in [0.717, 1.165) is 22.6 Å². The predicted molar refractivity (Wildman–Crippen MR) is 109 cm³/mol. The Morgan fingerprint density at radius 3 is 2.34 bits per heavy atom. The lowest BCUT2D eigenvalue weighted by molar-refractivity contribution is -0.901. The zero-order valence-corrected chi connectivity index (χ0v) is 17.3. The maximum atomic E-state index is 13.1. The van der Waals surface area contributed by atoms with Crippen molar-refractivity contribution < 1.29 is 24.0 Å². The van der Waals surface area contributed by atoms with Gasteiger partial charge < -0.3 is 19.7 Å². The highest BCUT2D eigenvalue weighted by Gasteiger charge is 2.48. The normalized spacial score (nSPS) is 19.8. The van der Waals surface area contributed by atoms with Crippen LogP contribution in [0, 0.1) is 0 Å². The number of imide groups is 1. The fourth-order valence-corrected chi connectivity index (χ4v) is 3.68. The third-order valence-corrected chi connectivity index (χ3v) is 5.13. The van der Waals surface area contributed by atoms with Gasteiger partial charge in [-0.25, -0.2) is 9.69 Å². The summed E-state index contributed by atoms with van der Waals surface area (Å²) in [6, 6.07) is 15.2. The van der Waals surface area contributed by atoms with Gasteiger partial charge in [0.25, 0.3) is 5.91 Å². The summed E-state index contributed by atoms with van der Waals surface area (Å²) in [5, 5.41) is 2.87. The average molecular weight is 398 g/mol. The Morgan fingerprint density at radius 1 is 1.00 bits per heavy atom. The molecule has 2 aromatic rings. The van der Waals surface area contributed by atoms with Crippen molar-refractivity contribution in [3.8, 4) is 11.5 Å². The number of hydrogen-bond donors (Lipinski definition) is 2. The van der Waals surface area contributed by atoms with Gasteiger partial charge in [-0.1, -0.05) is 36.4 Å². The first-order valence-electron chi connectivity index (χ1n) is 9.56. The highest BCUT2D eigenvalue weighted by molar-refractivity contribution is 6.06. The molecule has 0 aromatic heterocycles. The van der Waals surface area contributed by atoms with Crippen LogP contribution < -0.4 is 19.7 Å². The first kappa shape index (κ1) is 20.7. The molecular weight excluding hydrogens is 370 g/mol. The van der Waals surface area contributed by atoms with E-state index in [1.807, 2.05) is 49.5 Å². The van der Waals surface area contributed by atoms with E-state index in [4.69, 9.17) is 9.47 Å². The van der Waals surface area contributed by atoms with Gasteiger partial charge in [-0.05, 0) is 24.6 Å². The van der Waals surface area contributed by atoms with Crippen LogP contribution in [0.3, 0.4) is 0 Å². The lowest BCUT2D eigenvalue weighted by Crippen LogP contribution is -3.09. The Bertz CT molecular complexity index is 887. The molecule has 1 aliphatic rings. The molecule has 7 heteroatoms. The molecule has 0 spiro atoms. The predicted octanol–water partition coefficient (Wildman–Crippen LogP) is 1.23. The number of nitrogens with one attached hydrogen (secondary N) is 2. The van der Waals surface area contributed by atoms with E-state index in [0.29, 0.717) is 24.6 Å². The van der Waals surface area contributed by atoms with E-state index in [1.165, 1.54) is 4.90 Å². The first-order valence-corrected chi connectivity index (χ1v) is 9.56. The van der Waals surface area contributed by atoms with Gasteiger partial charge in [0, 0.05) is 12.0 Å². The Hall–Kier alpha value is -3.06. The van der Waals surface area contributed by atoms with E-state index in [1.54, 1.807) is 27.2 Å². The summed E-state index contributed by atoms with van der Waals surface area (Å²) in [7, 11) is 5.11. The van der Waals surface area contributed by atoms with Gasteiger partial charge in [0.15, 0.2) is 18.2 Å². The average Bonchev–Trinajstić information content (AvgIpc) is 2.91. The van der Waals surface area contributed by atoms with Gasteiger partial charge in [-0.15, -0.1) is 0 Å². The lowest BCUT2D eigenvalue weighted by atomic mass is 9.92. The Labute approximate surface area is 171 Å². The quantitative estimate of drug-likeness (QED) is 0.656. The smallest absolute Gasteiger partial charge is 0.329 e. The fraction of sp³-hybridized carbons (Fsp3) is 0.364. The number of benzene rings is 2. The third kappa shape index (κ3) is 4.51. The molecule has 1 saturated heterocycles. The summed E-state index contributed by atoms with van der Waals surface area (Å²) in [5.74, 6) is 0.995. The maximum Gasteiger partial charge on any atom is 0.329 e. The number of hydrogen-bond acceptors (Lipinski definition) is 4. The van der Waals surface area contributed by atoms with Crippen molar-refractivity contribution in [3.05, 3.63) is 59.7 Å². The molecule has 1 unspecified atom stereocenters. The molecule has 0 radical (unpaired) electrons. The molecule has 0 saturated carbocycles. The molecule has 3 rings (SSSR count). The second kappa shape index (κ2) is 8.53. The molecule has 7 nitrogen and oxygen atoms in total. The van der Waals surface area contributed by atoms with Crippen LogP contribution >= 0.6 is 0 Å². The summed E-state index contributed by atoms with van der Waals surface area (Å²) in [6.45, 7) is 2.79. The minimum Gasteiger partial charge on any atom is -0.493 e. The Kier molecular flexibility index (Phi) is 6.08. The number of rotatable bonds is 8. The van der Waals surface area contributed by atoms with Crippen molar-refractivity contribution in [2.24, 2.45) is 0 Å². The third-order valence-electron chi connectivity index (χ3n) is 5.13. The molecule has 1 fully saturated rings. The van der Waals surface area contributed by atoms with E-state index < -0.39 is 5.54 Å². The van der Waals surface area contributed by atoms with Crippen molar-refractivity contribution in [2.45, 2.75) is 25.4 Å². The van der Waals surface area contributed by atoms with E-state index in [9.17, 15) is 9.59 Å². The molecule has 1 heterocycles. The van der Waals surface area contributed by atoms with Crippen LogP contribution in [0.15, 0.2) is 48.5 Å². The number of carbonyl (C=O) groups is 2. The second-order valence-electron chi connectivity index (χ2n) is 7.64. The molecule has 0 bridgehead atoms. The summed E-state index contributed by atoms with van der Waals surface area (Å²) in [6.07, 6.45) is 0.367. The van der Waals surface area contributed by atoms with Crippen LogP contribution in [0.1, 0.15) is 18.1 Å². The van der Waals surface area contributed by atoms with Crippen molar-refractivity contribution in [1.82, 2.24) is 10.2 Å². The van der Waals surface area contributed by atoms with Crippen molar-refractivity contribution in [1.29, 1.82) is 0 Å². The van der Waals surface area contributed by atoms with Crippen LogP contribution in [0.2, 0.25) is 0 Å². The summed E-state index contributed by atoms with van der Waals surface area (Å²) in [4.78, 5) is 28.0. The molecule has 2 aromatic carbocycles. The van der Waals surface area contributed by atoms with Gasteiger partial charge in [-0.2, -0.15) is 0 Å². The van der Waals surface area contributed by atoms with Gasteiger partial charge >= 0.3 is 6.03 Å². The van der Waals surface area contributed by atoms with E-state index >= 15 is 0 Å². The van der Waals surface area contributed by atoms with Crippen molar-refractivity contribution in [2.75, 3.05) is 27.9 Å². The van der Waals surface area contributed by atoms with Crippen molar-refractivity contribution >= 4 is 11.9 Å². The molecule has 0 aliphatic carbocycles. The highest BCUT2D eigenvalue weighted by Crippen LogP contribution is 2.30. The van der Waals surface area contributed by atoms with Crippen molar-refractivity contribution in [3.63, 3.8) is 0 Å². The standard InChI is InChI=1S/C22H27N3O4/c1-22(13-17-10-11-18(28-3)19(12-17)29-4)20(26)25(21(27)23-22)15-24(2)14-16-8-6-5-7-9-16/h5-12H,13-15H2,1-4H3,(H,23,27)/p+1/t22-/m1/s1. The molecule has 2 atom stereocenters. The largest absolute Gasteiger partial charge is 0.493 e. The SMILES string of the molecule is COc1ccc(C[C@@]2(C)NC(=O)N(C[NH+](C)Cc3ccccc3)C2=O)cc1OC. The molecule has 1 aliphatic heterocycles. The van der Waals surface area contributed by atoms with Crippen LogP contribution in [0.4, 0.5) is 4.79 Å². The minimum absolute atomic E-state index is 0.218. The zero-order chi connectivity index (χ0) is 21.0. The minimum atomic E-state index is -0.996. The summed E-state index contributed by atoms with van der Waals surface area (Å²) < 4.78 is 10.6. The number of urea groups is 1. The number of amides is 3. The molecule has 2 N–H and O–H groups in total. The first-order chi connectivity index (χ1) is 13.9. The molecular formula is C22H28N3O4+. The lowest BCUT2D eigenvalue weighted by Gasteiger charge is -2.23.